The van der Waals surface area contributed by atoms with Crippen molar-refractivity contribution < 1.29 is 29.6 Å². The van der Waals surface area contributed by atoms with Gasteiger partial charge < -0.3 is 24.8 Å². The molecule has 1 spiro atoms. The molecule has 2 fully saturated rings. The second-order valence-corrected chi connectivity index (χ2v) is 5.26. The first-order valence-electron chi connectivity index (χ1n) is 6.49. The molecule has 20 heavy (non-hydrogen) atoms. The average molecular weight is 280 g/mol. The molecule has 6 nitrogen and oxygen atoms in total. The molecule has 3 rings (SSSR count). The number of carbonyl (C=O) groups excluding carboxylic acids is 1. The van der Waals surface area contributed by atoms with Crippen LogP contribution in [0.2, 0.25) is 0 Å². The quantitative estimate of drug-likeness (QED) is 0.656. The molecule has 1 saturated carbocycles. The molecule has 1 heterocycles. The van der Waals surface area contributed by atoms with Crippen LogP contribution in [0.4, 0.5) is 0 Å². The molecule has 1 aliphatic carbocycles. The van der Waals surface area contributed by atoms with Crippen LogP contribution in [0.1, 0.15) is 16.8 Å². The van der Waals surface area contributed by atoms with E-state index in [1.165, 1.54) is 0 Å². The third-order valence-corrected chi connectivity index (χ3v) is 3.98. The van der Waals surface area contributed by atoms with Gasteiger partial charge in [-0.05, 0) is 18.6 Å². The number of benzene rings is 1. The van der Waals surface area contributed by atoms with Crippen molar-refractivity contribution in [2.75, 3.05) is 6.61 Å². The highest BCUT2D eigenvalue weighted by atomic mass is 16.7. The molecule has 1 aromatic rings. The maximum atomic E-state index is 11.8. The van der Waals surface area contributed by atoms with E-state index in [-0.39, 0.29) is 12.5 Å². The number of aliphatic hydroxyl groups excluding tert-OH is 3. The van der Waals surface area contributed by atoms with Crippen LogP contribution in [0.25, 0.3) is 0 Å². The Kier molecular flexibility index (Phi) is 3.25. The molecule has 2 aliphatic rings. The van der Waals surface area contributed by atoms with Crippen LogP contribution in [-0.4, -0.2) is 52.0 Å². The summed E-state index contributed by atoms with van der Waals surface area (Å²) in [5.41, 5.74) is -0.523. The van der Waals surface area contributed by atoms with Crippen LogP contribution in [0.5, 0.6) is 0 Å². The molecule has 108 valence electrons. The second kappa shape index (κ2) is 4.82. The van der Waals surface area contributed by atoms with Crippen molar-refractivity contribution in [3.05, 3.63) is 35.9 Å². The van der Waals surface area contributed by atoms with Gasteiger partial charge in [-0.1, -0.05) is 18.2 Å². The minimum atomic E-state index is -1.39. The molecule has 0 radical (unpaired) electrons. The molecule has 1 unspecified atom stereocenters. The summed E-state index contributed by atoms with van der Waals surface area (Å²) in [6.07, 6.45) is -3.41. The van der Waals surface area contributed by atoms with E-state index in [9.17, 15) is 20.1 Å². The van der Waals surface area contributed by atoms with Gasteiger partial charge in [0.15, 0.2) is 6.29 Å². The number of hydrogen-bond donors (Lipinski definition) is 3. The Balaban J connectivity index is 1.56. The van der Waals surface area contributed by atoms with E-state index in [0.29, 0.717) is 12.0 Å². The number of rotatable bonds is 3. The first-order valence-corrected chi connectivity index (χ1v) is 6.49. The van der Waals surface area contributed by atoms with Gasteiger partial charge in [-0.15, -0.1) is 0 Å². The molecule has 5 atom stereocenters. The summed E-state index contributed by atoms with van der Waals surface area (Å²) in [4.78, 5) is 11.8. The van der Waals surface area contributed by atoms with E-state index in [1.807, 2.05) is 0 Å². The van der Waals surface area contributed by atoms with Crippen LogP contribution in [-0.2, 0) is 9.47 Å². The van der Waals surface area contributed by atoms with Crippen molar-refractivity contribution in [1.29, 1.82) is 0 Å². The third kappa shape index (κ3) is 2.10. The molecule has 0 aromatic heterocycles. The summed E-state index contributed by atoms with van der Waals surface area (Å²) in [5.74, 6) is -0.654. The third-order valence-electron chi connectivity index (χ3n) is 3.98. The lowest BCUT2D eigenvalue weighted by atomic mass is 10.1. The molecule has 1 saturated heterocycles. The molecule has 0 amide bonds. The Hall–Kier alpha value is -1.47. The van der Waals surface area contributed by atoms with E-state index in [4.69, 9.17) is 9.47 Å². The predicted octanol–water partition coefficient (Wildman–Crippen LogP) is -0.328. The summed E-state index contributed by atoms with van der Waals surface area (Å²) < 4.78 is 10.4. The van der Waals surface area contributed by atoms with Gasteiger partial charge in [-0.2, -0.15) is 0 Å². The Morgan fingerprint density at radius 3 is 2.60 bits per heavy atom. The molecule has 1 aromatic carbocycles. The van der Waals surface area contributed by atoms with Gasteiger partial charge in [0.05, 0.1) is 12.2 Å². The fourth-order valence-corrected chi connectivity index (χ4v) is 2.68. The van der Waals surface area contributed by atoms with Gasteiger partial charge in [-0.25, -0.2) is 4.79 Å². The first kappa shape index (κ1) is 13.5. The number of esters is 1. The fraction of sp³-hybridized carbons (Fsp3) is 0.500. The van der Waals surface area contributed by atoms with Crippen molar-refractivity contribution in [3.63, 3.8) is 0 Å². The van der Waals surface area contributed by atoms with E-state index in [1.54, 1.807) is 30.3 Å². The molecule has 3 N–H and O–H groups in total. The monoisotopic (exact) mass is 280 g/mol. The number of ether oxygens (including phenoxy) is 2. The smallest absolute Gasteiger partial charge is 0.338 e. The van der Waals surface area contributed by atoms with Gasteiger partial charge in [0.2, 0.25) is 0 Å². The van der Waals surface area contributed by atoms with Gasteiger partial charge in [0.1, 0.15) is 17.8 Å². The van der Waals surface area contributed by atoms with Gasteiger partial charge in [-0.3, -0.25) is 0 Å². The highest BCUT2D eigenvalue weighted by Gasteiger charge is 2.68. The first-order chi connectivity index (χ1) is 9.54. The Morgan fingerprint density at radius 2 is 2.00 bits per heavy atom. The normalized spacial score (nSPS) is 39.0. The SMILES string of the molecule is O=C(OC[C@H]1C[C@]12O[C@@H](O)[C@@H](O)C2O)c1ccccc1. The highest BCUT2D eigenvalue weighted by Crippen LogP contribution is 2.54. The lowest BCUT2D eigenvalue weighted by molar-refractivity contribution is -0.137. The lowest BCUT2D eigenvalue weighted by Gasteiger charge is -2.14. The van der Waals surface area contributed by atoms with Crippen LogP contribution in [0.15, 0.2) is 30.3 Å². The molecule has 6 heteroatoms. The lowest BCUT2D eigenvalue weighted by Crippen LogP contribution is -2.35. The molecular weight excluding hydrogens is 264 g/mol. The summed E-state index contributed by atoms with van der Waals surface area (Å²) in [6.45, 7) is 0.0875. The number of hydrogen-bond acceptors (Lipinski definition) is 6. The molecule has 0 bridgehead atoms. The maximum Gasteiger partial charge on any atom is 0.338 e. The average Bonchev–Trinajstić information content (AvgIpc) is 3.12. The van der Waals surface area contributed by atoms with Crippen molar-refractivity contribution in [2.45, 2.75) is 30.5 Å². The highest BCUT2D eigenvalue weighted by molar-refractivity contribution is 5.89. The van der Waals surface area contributed by atoms with Gasteiger partial charge in [0.25, 0.3) is 0 Å². The fourth-order valence-electron chi connectivity index (χ4n) is 2.68. The van der Waals surface area contributed by atoms with Crippen LogP contribution in [0, 0.1) is 5.92 Å². The van der Waals surface area contributed by atoms with Crippen LogP contribution in [0.3, 0.4) is 0 Å². The zero-order valence-electron chi connectivity index (χ0n) is 10.7. The minimum absolute atomic E-state index is 0.0875. The number of carbonyl (C=O) groups is 1. The number of aliphatic hydroxyl groups is 3. The van der Waals surface area contributed by atoms with Crippen LogP contribution < -0.4 is 0 Å². The van der Waals surface area contributed by atoms with Crippen molar-refractivity contribution in [2.24, 2.45) is 5.92 Å². The van der Waals surface area contributed by atoms with E-state index in [0.717, 1.165) is 0 Å². The summed E-state index contributed by atoms with van der Waals surface area (Å²) in [6, 6.07) is 8.59. The molecule has 1 aliphatic heterocycles. The maximum absolute atomic E-state index is 11.8. The summed E-state index contributed by atoms with van der Waals surface area (Å²) in [7, 11) is 0. The second-order valence-electron chi connectivity index (χ2n) is 5.26. The zero-order valence-corrected chi connectivity index (χ0v) is 10.7. The Labute approximate surface area is 115 Å². The van der Waals surface area contributed by atoms with E-state index in [2.05, 4.69) is 0 Å². The van der Waals surface area contributed by atoms with E-state index < -0.39 is 30.1 Å². The summed E-state index contributed by atoms with van der Waals surface area (Å²) in [5, 5.41) is 28.7. The standard InChI is InChI=1S/C14H16O6/c15-10-11(16)14(20-13(10)18)6-9(14)7-19-12(17)8-4-2-1-3-5-8/h1-5,9-11,13,15-16,18H,6-7H2/t9-,10+,11?,13-,14+/m1/s1. The van der Waals surface area contributed by atoms with Gasteiger partial charge in [0, 0.05) is 5.92 Å². The van der Waals surface area contributed by atoms with Gasteiger partial charge >= 0.3 is 5.97 Å². The van der Waals surface area contributed by atoms with Crippen LogP contribution >= 0.6 is 0 Å². The van der Waals surface area contributed by atoms with Crippen molar-refractivity contribution in [1.82, 2.24) is 0 Å². The largest absolute Gasteiger partial charge is 0.462 e. The topological polar surface area (TPSA) is 96.2 Å². The van der Waals surface area contributed by atoms with Crippen molar-refractivity contribution in [3.8, 4) is 0 Å². The van der Waals surface area contributed by atoms with Crippen molar-refractivity contribution >= 4 is 5.97 Å². The zero-order chi connectivity index (χ0) is 14.3. The molecular formula is C14H16O6. The summed E-state index contributed by atoms with van der Waals surface area (Å²) >= 11 is 0. The predicted molar refractivity (Wildman–Crippen MR) is 66.7 cm³/mol. The van der Waals surface area contributed by atoms with E-state index >= 15 is 0 Å². The Bertz CT molecular complexity index is 504. The Morgan fingerprint density at radius 1 is 1.30 bits per heavy atom. The minimum Gasteiger partial charge on any atom is -0.462 e.